The summed E-state index contributed by atoms with van der Waals surface area (Å²) < 4.78 is 5.00. The van der Waals surface area contributed by atoms with Gasteiger partial charge in [0.1, 0.15) is 0 Å². The topological polar surface area (TPSA) is 70.7 Å². The summed E-state index contributed by atoms with van der Waals surface area (Å²) in [5, 5.41) is 7.02. The minimum Gasteiger partial charge on any atom is -0.450 e. The molecule has 1 aromatic rings. The quantitative estimate of drug-likeness (QED) is 0.782. The normalized spacial score (nSPS) is 15.1. The van der Waals surface area contributed by atoms with Crippen molar-refractivity contribution in [2.45, 2.75) is 32.2 Å². The number of benzene rings is 1. The second-order valence-electron chi connectivity index (χ2n) is 5.84. The molecule has 6 nitrogen and oxygen atoms in total. The van der Waals surface area contributed by atoms with Gasteiger partial charge in [-0.25, -0.2) is 4.79 Å². The largest absolute Gasteiger partial charge is 0.450 e. The molecular weight excluding hydrogens is 365 g/mol. The van der Waals surface area contributed by atoms with Crippen LogP contribution in [-0.2, 0) is 9.53 Å². The summed E-state index contributed by atoms with van der Waals surface area (Å²) in [7, 11) is 0. The number of anilines is 1. The van der Waals surface area contributed by atoms with Gasteiger partial charge in [-0.2, -0.15) is 0 Å². The molecule has 2 N–H and O–H groups in total. The molecular formula is C17H23Cl2N3O3. The van der Waals surface area contributed by atoms with Gasteiger partial charge in [-0.15, -0.1) is 0 Å². The van der Waals surface area contributed by atoms with Gasteiger partial charge in [0.15, 0.2) is 0 Å². The Hall–Kier alpha value is -1.50. The number of ether oxygens (including phenoxy) is 1. The van der Waals surface area contributed by atoms with Gasteiger partial charge in [-0.3, -0.25) is 4.79 Å². The average molecular weight is 388 g/mol. The molecule has 0 unspecified atom stereocenters. The van der Waals surface area contributed by atoms with Crippen LogP contribution < -0.4 is 10.6 Å². The maximum absolute atomic E-state index is 12.0. The minimum atomic E-state index is -0.248. The highest BCUT2D eigenvalue weighted by molar-refractivity contribution is 6.42. The van der Waals surface area contributed by atoms with Crippen LogP contribution >= 0.6 is 23.2 Å². The van der Waals surface area contributed by atoms with Gasteiger partial charge in [0.2, 0.25) is 5.91 Å². The maximum atomic E-state index is 12.0. The van der Waals surface area contributed by atoms with Gasteiger partial charge in [-0.1, -0.05) is 23.2 Å². The van der Waals surface area contributed by atoms with Crippen LogP contribution in [0.15, 0.2) is 18.2 Å². The zero-order chi connectivity index (χ0) is 18.2. The summed E-state index contributed by atoms with van der Waals surface area (Å²) in [5.41, 5.74) is 0.627. The molecule has 1 fully saturated rings. The van der Waals surface area contributed by atoms with Gasteiger partial charge in [0.25, 0.3) is 0 Å². The average Bonchev–Trinajstić information content (AvgIpc) is 2.59. The molecule has 8 heteroatoms. The second-order valence-corrected chi connectivity index (χ2v) is 6.66. The SMILES string of the molecule is CCOC(=O)N1CCC(NCCC(=O)Nc2ccc(Cl)c(Cl)c2)CC1. The standard InChI is InChI=1S/C17H23Cl2N3O3/c1-2-25-17(24)22-9-6-12(7-10-22)20-8-5-16(23)21-13-3-4-14(18)15(19)11-13/h3-4,11-12,20H,2,5-10H2,1H3,(H,21,23). The number of nitrogens with one attached hydrogen (secondary N) is 2. The molecule has 25 heavy (non-hydrogen) atoms. The van der Waals surface area contributed by atoms with Crippen molar-refractivity contribution in [3.63, 3.8) is 0 Å². The predicted molar refractivity (Wildman–Crippen MR) is 99.3 cm³/mol. The van der Waals surface area contributed by atoms with E-state index >= 15 is 0 Å². The number of halogens is 2. The fraction of sp³-hybridized carbons (Fsp3) is 0.529. The lowest BCUT2D eigenvalue weighted by molar-refractivity contribution is -0.116. The van der Waals surface area contributed by atoms with Crippen LogP contribution in [0, 0.1) is 0 Å². The number of carbonyl (C=O) groups is 2. The van der Waals surface area contributed by atoms with E-state index in [0.717, 1.165) is 12.8 Å². The van der Waals surface area contributed by atoms with Crippen molar-refractivity contribution in [3.8, 4) is 0 Å². The number of carbonyl (C=O) groups excluding carboxylic acids is 2. The Bertz CT molecular complexity index is 605. The third-order valence-corrected chi connectivity index (χ3v) is 4.75. The number of hydrogen-bond donors (Lipinski definition) is 2. The predicted octanol–water partition coefficient (Wildman–Crippen LogP) is 3.53. The first-order valence-electron chi connectivity index (χ1n) is 8.39. The first-order chi connectivity index (χ1) is 12.0. The molecule has 0 atom stereocenters. The van der Waals surface area contributed by atoms with E-state index < -0.39 is 0 Å². The zero-order valence-electron chi connectivity index (χ0n) is 14.2. The number of rotatable bonds is 6. The van der Waals surface area contributed by atoms with Crippen molar-refractivity contribution in [1.29, 1.82) is 0 Å². The van der Waals surface area contributed by atoms with Crippen LogP contribution in [0.3, 0.4) is 0 Å². The van der Waals surface area contributed by atoms with Crippen LogP contribution in [0.2, 0.25) is 10.0 Å². The van der Waals surface area contributed by atoms with Gasteiger partial charge >= 0.3 is 6.09 Å². The Morgan fingerprint density at radius 2 is 1.96 bits per heavy atom. The molecule has 1 heterocycles. The van der Waals surface area contributed by atoms with Crippen LogP contribution in [0.1, 0.15) is 26.2 Å². The summed E-state index contributed by atoms with van der Waals surface area (Å²) in [6.45, 7) is 4.12. The van der Waals surface area contributed by atoms with Crippen LogP contribution in [0.4, 0.5) is 10.5 Å². The smallest absolute Gasteiger partial charge is 0.409 e. The fourth-order valence-electron chi connectivity index (χ4n) is 2.67. The lowest BCUT2D eigenvalue weighted by atomic mass is 10.1. The first kappa shape index (κ1) is 19.8. The summed E-state index contributed by atoms with van der Waals surface area (Å²) in [5.74, 6) is -0.0881. The van der Waals surface area contributed by atoms with Gasteiger partial charge in [-0.05, 0) is 38.0 Å². The summed E-state index contributed by atoms with van der Waals surface area (Å²) in [6.07, 6.45) is 1.82. The number of piperidine rings is 1. The Morgan fingerprint density at radius 1 is 1.24 bits per heavy atom. The molecule has 0 bridgehead atoms. The molecule has 0 spiro atoms. The number of amides is 2. The second kappa shape index (κ2) is 9.85. The lowest BCUT2D eigenvalue weighted by Crippen LogP contribution is -2.45. The van der Waals surface area contributed by atoms with Crippen molar-refractivity contribution in [2.24, 2.45) is 0 Å². The molecule has 1 aliphatic rings. The van der Waals surface area contributed by atoms with E-state index in [2.05, 4.69) is 10.6 Å². The third-order valence-electron chi connectivity index (χ3n) is 4.01. The third kappa shape index (κ3) is 6.38. The highest BCUT2D eigenvalue weighted by Gasteiger charge is 2.23. The summed E-state index contributed by atoms with van der Waals surface area (Å²) >= 11 is 11.8. The number of likely N-dealkylation sites (tertiary alicyclic amines) is 1. The van der Waals surface area contributed by atoms with Crippen molar-refractivity contribution in [3.05, 3.63) is 28.2 Å². The summed E-state index contributed by atoms with van der Waals surface area (Å²) in [6, 6.07) is 5.29. The Labute approximate surface area is 157 Å². The monoisotopic (exact) mass is 387 g/mol. The minimum absolute atomic E-state index is 0.0881. The van der Waals surface area contributed by atoms with Crippen molar-refractivity contribution in [1.82, 2.24) is 10.2 Å². The van der Waals surface area contributed by atoms with Gasteiger partial charge < -0.3 is 20.3 Å². The molecule has 2 rings (SSSR count). The van der Waals surface area contributed by atoms with Crippen LogP contribution in [0.25, 0.3) is 0 Å². The Kier molecular flexibility index (Phi) is 7.81. The van der Waals surface area contributed by atoms with Crippen molar-refractivity contribution < 1.29 is 14.3 Å². The van der Waals surface area contributed by atoms with E-state index in [4.69, 9.17) is 27.9 Å². The van der Waals surface area contributed by atoms with Gasteiger partial charge in [0, 0.05) is 37.8 Å². The van der Waals surface area contributed by atoms with Gasteiger partial charge in [0.05, 0.1) is 16.7 Å². The first-order valence-corrected chi connectivity index (χ1v) is 9.15. The molecule has 0 aliphatic carbocycles. The van der Waals surface area contributed by atoms with Crippen molar-refractivity contribution >= 4 is 40.9 Å². The summed E-state index contributed by atoms with van der Waals surface area (Å²) in [4.78, 5) is 25.3. The molecule has 0 radical (unpaired) electrons. The van der Waals surface area contributed by atoms with E-state index in [9.17, 15) is 9.59 Å². The highest BCUT2D eigenvalue weighted by Crippen LogP contribution is 2.25. The van der Waals surface area contributed by atoms with Crippen molar-refractivity contribution in [2.75, 3.05) is 31.6 Å². The molecule has 2 amide bonds. The fourth-order valence-corrected chi connectivity index (χ4v) is 2.97. The lowest BCUT2D eigenvalue weighted by Gasteiger charge is -2.31. The van der Waals surface area contributed by atoms with Crippen LogP contribution in [-0.4, -0.2) is 49.2 Å². The molecule has 1 aliphatic heterocycles. The van der Waals surface area contributed by atoms with Crippen LogP contribution in [0.5, 0.6) is 0 Å². The number of nitrogens with zero attached hydrogens (tertiary/aromatic N) is 1. The van der Waals surface area contributed by atoms with E-state index in [1.807, 2.05) is 0 Å². The Balaban J connectivity index is 1.65. The zero-order valence-corrected chi connectivity index (χ0v) is 15.7. The molecule has 0 saturated carbocycles. The van der Waals surface area contributed by atoms with E-state index in [-0.39, 0.29) is 12.0 Å². The number of hydrogen-bond acceptors (Lipinski definition) is 4. The van der Waals surface area contributed by atoms with E-state index in [0.29, 0.717) is 54.4 Å². The molecule has 1 aromatic carbocycles. The Morgan fingerprint density at radius 3 is 2.60 bits per heavy atom. The van der Waals surface area contributed by atoms with E-state index in [1.165, 1.54) is 0 Å². The maximum Gasteiger partial charge on any atom is 0.409 e. The highest BCUT2D eigenvalue weighted by atomic mass is 35.5. The van der Waals surface area contributed by atoms with E-state index in [1.54, 1.807) is 30.0 Å². The molecule has 138 valence electrons. The molecule has 0 aromatic heterocycles. The molecule has 1 saturated heterocycles.